The van der Waals surface area contributed by atoms with E-state index in [0.29, 0.717) is 11.7 Å². The van der Waals surface area contributed by atoms with Gasteiger partial charge < -0.3 is 0 Å². The summed E-state index contributed by atoms with van der Waals surface area (Å²) in [6.45, 7) is 6.61. The molecular weight excluding hydrogens is 172 g/mol. The average molecular weight is 194 g/mol. The standard InChI is InChI=1S/C13H22O/c1-4-11-6-5-7-13(14)12(11)9-8-10(2)3/h10H,4-9H2,1-3H3. The first-order chi connectivity index (χ1) is 6.65. The Morgan fingerprint density at radius 1 is 1.29 bits per heavy atom. The number of hydrogen-bond acceptors (Lipinski definition) is 1. The maximum Gasteiger partial charge on any atom is 0.158 e. The maximum absolute atomic E-state index is 11.7. The molecule has 0 radical (unpaired) electrons. The molecule has 0 atom stereocenters. The van der Waals surface area contributed by atoms with Gasteiger partial charge in [0.2, 0.25) is 0 Å². The van der Waals surface area contributed by atoms with Crippen LogP contribution in [0.1, 0.15) is 59.3 Å². The van der Waals surface area contributed by atoms with Gasteiger partial charge in [0, 0.05) is 6.42 Å². The third kappa shape index (κ3) is 2.97. The van der Waals surface area contributed by atoms with Crippen molar-refractivity contribution in [1.29, 1.82) is 0 Å². The Balaban J connectivity index is 2.67. The highest BCUT2D eigenvalue weighted by Crippen LogP contribution is 2.28. The fourth-order valence-corrected chi connectivity index (χ4v) is 2.10. The van der Waals surface area contributed by atoms with Gasteiger partial charge >= 0.3 is 0 Å². The van der Waals surface area contributed by atoms with Crippen LogP contribution in [0, 0.1) is 5.92 Å². The number of ketones is 1. The topological polar surface area (TPSA) is 17.1 Å². The van der Waals surface area contributed by atoms with E-state index in [-0.39, 0.29) is 0 Å². The van der Waals surface area contributed by atoms with Crippen LogP contribution in [0.3, 0.4) is 0 Å². The van der Waals surface area contributed by atoms with E-state index in [4.69, 9.17) is 0 Å². The molecule has 0 fully saturated rings. The van der Waals surface area contributed by atoms with Crippen LogP contribution >= 0.6 is 0 Å². The van der Waals surface area contributed by atoms with Crippen molar-refractivity contribution in [2.75, 3.05) is 0 Å². The van der Waals surface area contributed by atoms with E-state index in [1.807, 2.05) is 0 Å². The molecule has 0 amide bonds. The fraction of sp³-hybridized carbons (Fsp3) is 0.769. The van der Waals surface area contributed by atoms with Crippen LogP contribution in [-0.2, 0) is 4.79 Å². The van der Waals surface area contributed by atoms with Crippen LogP contribution in [0.25, 0.3) is 0 Å². The Morgan fingerprint density at radius 3 is 2.57 bits per heavy atom. The molecule has 0 aromatic rings. The third-order valence-corrected chi connectivity index (χ3v) is 3.04. The summed E-state index contributed by atoms with van der Waals surface area (Å²) in [6, 6.07) is 0. The summed E-state index contributed by atoms with van der Waals surface area (Å²) in [4.78, 5) is 11.7. The molecule has 1 nitrogen and oxygen atoms in total. The van der Waals surface area contributed by atoms with E-state index in [1.165, 1.54) is 11.1 Å². The first-order valence-corrected chi connectivity index (χ1v) is 5.89. The lowest BCUT2D eigenvalue weighted by molar-refractivity contribution is -0.116. The highest BCUT2D eigenvalue weighted by molar-refractivity contribution is 5.96. The largest absolute Gasteiger partial charge is 0.295 e. The highest BCUT2D eigenvalue weighted by atomic mass is 16.1. The summed E-state index contributed by atoms with van der Waals surface area (Å²) >= 11 is 0. The van der Waals surface area contributed by atoms with E-state index < -0.39 is 0 Å². The summed E-state index contributed by atoms with van der Waals surface area (Å²) in [5.74, 6) is 1.13. The highest BCUT2D eigenvalue weighted by Gasteiger charge is 2.18. The molecule has 1 aliphatic carbocycles. The van der Waals surface area contributed by atoms with Crippen molar-refractivity contribution in [2.45, 2.75) is 59.3 Å². The maximum atomic E-state index is 11.7. The molecule has 0 unspecified atom stereocenters. The molecule has 0 N–H and O–H groups in total. The lowest BCUT2D eigenvalue weighted by Gasteiger charge is -2.19. The van der Waals surface area contributed by atoms with Gasteiger partial charge in [0.05, 0.1) is 0 Å². The second kappa shape index (κ2) is 5.33. The van der Waals surface area contributed by atoms with E-state index in [2.05, 4.69) is 20.8 Å². The normalized spacial score (nSPS) is 18.1. The molecule has 14 heavy (non-hydrogen) atoms. The van der Waals surface area contributed by atoms with Crippen molar-refractivity contribution in [1.82, 2.24) is 0 Å². The van der Waals surface area contributed by atoms with Gasteiger partial charge in [-0.1, -0.05) is 26.3 Å². The Morgan fingerprint density at radius 2 is 2.00 bits per heavy atom. The number of rotatable bonds is 4. The van der Waals surface area contributed by atoms with Gasteiger partial charge in [0.1, 0.15) is 0 Å². The molecule has 0 heterocycles. The molecule has 0 saturated carbocycles. The smallest absolute Gasteiger partial charge is 0.158 e. The van der Waals surface area contributed by atoms with Gasteiger partial charge in [-0.3, -0.25) is 4.79 Å². The fourth-order valence-electron chi connectivity index (χ4n) is 2.10. The second-order valence-corrected chi connectivity index (χ2v) is 4.64. The van der Waals surface area contributed by atoms with Crippen molar-refractivity contribution in [3.63, 3.8) is 0 Å². The molecule has 0 spiro atoms. The average Bonchev–Trinajstić information content (AvgIpc) is 2.15. The Kier molecular flexibility index (Phi) is 4.37. The van der Waals surface area contributed by atoms with Crippen molar-refractivity contribution < 1.29 is 4.79 Å². The monoisotopic (exact) mass is 194 g/mol. The van der Waals surface area contributed by atoms with Gasteiger partial charge in [-0.15, -0.1) is 0 Å². The second-order valence-electron chi connectivity index (χ2n) is 4.64. The predicted molar refractivity (Wildman–Crippen MR) is 60.2 cm³/mol. The summed E-state index contributed by atoms with van der Waals surface area (Å²) in [5, 5.41) is 0. The first-order valence-electron chi connectivity index (χ1n) is 5.89. The van der Waals surface area contributed by atoms with Crippen LogP contribution in [-0.4, -0.2) is 5.78 Å². The Bertz CT molecular complexity index is 236. The zero-order valence-electron chi connectivity index (χ0n) is 9.73. The van der Waals surface area contributed by atoms with Crippen molar-refractivity contribution >= 4 is 5.78 Å². The number of allylic oxidation sites excluding steroid dienone is 2. The minimum atomic E-state index is 0.425. The quantitative estimate of drug-likeness (QED) is 0.663. The lowest BCUT2D eigenvalue weighted by atomic mass is 9.85. The van der Waals surface area contributed by atoms with Gasteiger partial charge in [-0.25, -0.2) is 0 Å². The van der Waals surface area contributed by atoms with Crippen LogP contribution < -0.4 is 0 Å². The minimum absolute atomic E-state index is 0.425. The summed E-state index contributed by atoms with van der Waals surface area (Å²) in [6.07, 6.45) is 6.27. The van der Waals surface area contributed by atoms with E-state index >= 15 is 0 Å². The van der Waals surface area contributed by atoms with E-state index in [0.717, 1.165) is 38.5 Å². The zero-order chi connectivity index (χ0) is 10.6. The predicted octanol–water partition coefficient (Wildman–Crippen LogP) is 3.88. The van der Waals surface area contributed by atoms with Crippen molar-refractivity contribution in [3.05, 3.63) is 11.1 Å². The van der Waals surface area contributed by atoms with Gasteiger partial charge in [-0.05, 0) is 43.6 Å². The molecule has 1 rings (SSSR count). The Labute approximate surface area is 87.6 Å². The van der Waals surface area contributed by atoms with Crippen molar-refractivity contribution in [2.24, 2.45) is 5.92 Å². The van der Waals surface area contributed by atoms with Crippen LogP contribution in [0.2, 0.25) is 0 Å². The van der Waals surface area contributed by atoms with Crippen molar-refractivity contribution in [3.8, 4) is 0 Å². The lowest BCUT2D eigenvalue weighted by Crippen LogP contribution is -2.12. The summed E-state index contributed by atoms with van der Waals surface area (Å²) < 4.78 is 0. The third-order valence-electron chi connectivity index (χ3n) is 3.04. The van der Waals surface area contributed by atoms with E-state index in [9.17, 15) is 4.79 Å². The SMILES string of the molecule is CCC1=C(CCC(C)C)C(=O)CCC1. The summed E-state index contributed by atoms with van der Waals surface area (Å²) in [7, 11) is 0. The molecular formula is C13H22O. The number of hydrogen-bond donors (Lipinski definition) is 0. The van der Waals surface area contributed by atoms with E-state index in [1.54, 1.807) is 0 Å². The molecule has 0 aromatic carbocycles. The number of carbonyl (C=O) groups is 1. The molecule has 1 heteroatoms. The molecule has 80 valence electrons. The number of Topliss-reactive ketones (excluding diaryl/α,β-unsaturated/α-hetero) is 1. The van der Waals surface area contributed by atoms with Gasteiger partial charge in [0.25, 0.3) is 0 Å². The summed E-state index contributed by atoms with van der Waals surface area (Å²) in [5.41, 5.74) is 2.61. The Hall–Kier alpha value is -0.590. The molecule has 0 aromatic heterocycles. The van der Waals surface area contributed by atoms with Crippen LogP contribution in [0.4, 0.5) is 0 Å². The minimum Gasteiger partial charge on any atom is -0.295 e. The molecule has 1 aliphatic rings. The van der Waals surface area contributed by atoms with Crippen LogP contribution in [0.15, 0.2) is 11.1 Å². The number of carbonyl (C=O) groups excluding carboxylic acids is 1. The van der Waals surface area contributed by atoms with Crippen LogP contribution in [0.5, 0.6) is 0 Å². The zero-order valence-corrected chi connectivity index (χ0v) is 9.73. The first kappa shape index (κ1) is 11.5. The van der Waals surface area contributed by atoms with Gasteiger partial charge in [0.15, 0.2) is 5.78 Å². The molecule has 0 bridgehead atoms. The molecule has 0 saturated heterocycles. The van der Waals surface area contributed by atoms with Gasteiger partial charge in [-0.2, -0.15) is 0 Å². The molecule has 0 aliphatic heterocycles.